The first-order chi connectivity index (χ1) is 16.3. The van der Waals surface area contributed by atoms with Crippen LogP contribution in [0.3, 0.4) is 0 Å². The van der Waals surface area contributed by atoms with E-state index in [9.17, 15) is 24.7 Å². The van der Waals surface area contributed by atoms with Crippen LogP contribution in [0.4, 0.5) is 0 Å². The van der Waals surface area contributed by atoms with Gasteiger partial charge in [0, 0.05) is 13.0 Å². The molecular weight excluding hydrogens is 469 g/mol. The summed E-state index contributed by atoms with van der Waals surface area (Å²) in [6.45, 7) is 6.66. The second-order valence-corrected chi connectivity index (χ2v) is 14.6. The Hall–Kier alpha value is -0.500. The number of fused-ring (bicyclic) bond motifs is 5. The summed E-state index contributed by atoms with van der Waals surface area (Å²) >= 11 is 0. The Labute approximate surface area is 209 Å². The number of hydrogen-bond donors (Lipinski definition) is 6. The highest BCUT2D eigenvalue weighted by atomic mass is 31.2. The van der Waals surface area contributed by atoms with E-state index in [0.717, 1.165) is 38.5 Å². The van der Waals surface area contributed by atoms with Crippen LogP contribution >= 0.6 is 7.60 Å². The van der Waals surface area contributed by atoms with E-state index in [2.05, 4.69) is 26.1 Å². The molecule has 0 aliphatic heterocycles. The van der Waals surface area contributed by atoms with Crippen molar-refractivity contribution in [2.45, 2.75) is 96.9 Å². The van der Waals surface area contributed by atoms with Crippen LogP contribution in [-0.4, -0.2) is 62.0 Å². The maximum absolute atomic E-state index is 12.2. The van der Waals surface area contributed by atoms with Gasteiger partial charge in [-0.25, -0.2) is 0 Å². The van der Waals surface area contributed by atoms with Crippen LogP contribution in [-0.2, 0) is 9.36 Å². The van der Waals surface area contributed by atoms with Gasteiger partial charge in [-0.2, -0.15) is 0 Å². The summed E-state index contributed by atoms with van der Waals surface area (Å²) in [5, 5.41) is 35.9. The number of aliphatic hydroxyl groups excluding tert-OH is 3. The van der Waals surface area contributed by atoms with Gasteiger partial charge < -0.3 is 30.4 Å². The summed E-state index contributed by atoms with van der Waals surface area (Å²) in [6, 6.07) is 0. The van der Waals surface area contributed by atoms with Crippen molar-refractivity contribution in [3.05, 3.63) is 0 Å². The van der Waals surface area contributed by atoms with E-state index in [0.29, 0.717) is 25.2 Å². The minimum absolute atomic E-state index is 0.0306. The van der Waals surface area contributed by atoms with Gasteiger partial charge >= 0.3 is 7.60 Å². The normalized spacial score (nSPS) is 46.3. The maximum Gasteiger partial charge on any atom is 0.327 e. The molecule has 0 aromatic heterocycles. The Morgan fingerprint density at radius 3 is 2.46 bits per heavy atom. The monoisotopic (exact) mass is 515 g/mol. The van der Waals surface area contributed by atoms with Gasteiger partial charge in [-0.15, -0.1) is 0 Å². The molecule has 1 amide bonds. The lowest BCUT2D eigenvalue weighted by Crippen LogP contribution is -2.62. The number of carbonyl (C=O) groups excluding carboxylic acids is 1. The SMILES string of the molecule is CC(CCC(=O)NCCP(=O)(O)O)C1CCC2C3C(O)CC4CC(O)CCC4(C)C3CC(O)C12C. The molecule has 0 saturated heterocycles. The Balaban J connectivity index is 1.43. The highest BCUT2D eigenvalue weighted by molar-refractivity contribution is 7.51. The van der Waals surface area contributed by atoms with Crippen molar-refractivity contribution in [1.29, 1.82) is 0 Å². The van der Waals surface area contributed by atoms with Gasteiger partial charge in [0.15, 0.2) is 0 Å². The third-order valence-electron chi connectivity index (χ3n) is 11.1. The molecule has 202 valence electrons. The molecule has 4 aliphatic rings. The molecule has 0 aromatic rings. The Bertz CT molecular complexity index is 835. The number of nitrogens with one attached hydrogen (secondary N) is 1. The van der Waals surface area contributed by atoms with Crippen LogP contribution in [0.1, 0.15) is 78.6 Å². The fourth-order valence-electron chi connectivity index (χ4n) is 9.12. The highest BCUT2D eigenvalue weighted by Crippen LogP contribution is 2.68. The van der Waals surface area contributed by atoms with Gasteiger partial charge in [-0.1, -0.05) is 20.8 Å². The molecule has 4 fully saturated rings. The lowest BCUT2D eigenvalue weighted by Gasteiger charge is -2.63. The summed E-state index contributed by atoms with van der Waals surface area (Å²) in [5.41, 5.74) is -0.240. The van der Waals surface area contributed by atoms with Crippen molar-refractivity contribution in [2.75, 3.05) is 12.7 Å². The summed E-state index contributed by atoms with van der Waals surface area (Å²) in [6.07, 6.45) is 5.41. The van der Waals surface area contributed by atoms with Gasteiger partial charge in [-0.05, 0) is 97.7 Å². The van der Waals surface area contributed by atoms with E-state index in [-0.39, 0.29) is 65.1 Å². The minimum Gasteiger partial charge on any atom is -0.393 e. The molecule has 11 unspecified atom stereocenters. The smallest absolute Gasteiger partial charge is 0.327 e. The van der Waals surface area contributed by atoms with Gasteiger partial charge in [0.1, 0.15) is 0 Å². The maximum atomic E-state index is 12.2. The molecule has 11 atom stereocenters. The average Bonchev–Trinajstić information content (AvgIpc) is 3.12. The largest absolute Gasteiger partial charge is 0.393 e. The first-order valence-electron chi connectivity index (χ1n) is 13.6. The Kier molecular flexibility index (Phi) is 7.86. The van der Waals surface area contributed by atoms with Crippen molar-refractivity contribution in [3.63, 3.8) is 0 Å². The highest BCUT2D eigenvalue weighted by Gasteiger charge is 2.65. The lowest BCUT2D eigenvalue weighted by atomic mass is 9.43. The summed E-state index contributed by atoms with van der Waals surface area (Å²) in [5.74, 6) is 1.28. The number of rotatable bonds is 7. The Morgan fingerprint density at radius 2 is 1.77 bits per heavy atom. The molecule has 9 heteroatoms. The van der Waals surface area contributed by atoms with Crippen LogP contribution in [0.5, 0.6) is 0 Å². The first kappa shape index (κ1) is 27.5. The first-order valence-corrected chi connectivity index (χ1v) is 15.4. The predicted octanol–water partition coefficient (Wildman–Crippen LogP) is 2.66. The predicted molar refractivity (Wildman–Crippen MR) is 132 cm³/mol. The Morgan fingerprint density at radius 1 is 1.06 bits per heavy atom. The molecule has 0 bridgehead atoms. The fraction of sp³-hybridized carbons (Fsp3) is 0.962. The number of amides is 1. The quantitative estimate of drug-likeness (QED) is 0.286. The number of carbonyl (C=O) groups is 1. The molecule has 0 spiro atoms. The van der Waals surface area contributed by atoms with E-state index in [4.69, 9.17) is 9.79 Å². The molecule has 0 aromatic carbocycles. The summed E-state index contributed by atoms with van der Waals surface area (Å²) in [7, 11) is -4.12. The van der Waals surface area contributed by atoms with Gasteiger partial charge in [0.25, 0.3) is 0 Å². The zero-order valence-electron chi connectivity index (χ0n) is 21.5. The zero-order chi connectivity index (χ0) is 25.8. The van der Waals surface area contributed by atoms with Crippen LogP contribution in [0, 0.1) is 46.3 Å². The summed E-state index contributed by atoms with van der Waals surface area (Å²) < 4.78 is 11.0. The van der Waals surface area contributed by atoms with Crippen molar-refractivity contribution < 1.29 is 34.5 Å². The molecule has 0 radical (unpaired) electrons. The molecule has 4 rings (SSSR count). The minimum atomic E-state index is -4.12. The average molecular weight is 516 g/mol. The molecule has 35 heavy (non-hydrogen) atoms. The summed E-state index contributed by atoms with van der Waals surface area (Å²) in [4.78, 5) is 30.1. The van der Waals surface area contributed by atoms with E-state index < -0.39 is 19.8 Å². The standard InChI is InChI=1S/C26H46NO7P/c1-15(4-7-23(31)27-10-11-35(32,33)34)18-5-6-19-24-20(14-22(30)26(18,19)3)25(2)9-8-17(28)12-16(25)13-21(24)29/h15-22,24,28-30H,4-14H2,1-3H3,(H,27,31)(H2,32,33,34). The molecule has 8 nitrogen and oxygen atoms in total. The van der Waals surface area contributed by atoms with Crippen LogP contribution in [0.15, 0.2) is 0 Å². The molecular formula is C26H46NO7P. The van der Waals surface area contributed by atoms with E-state index in [1.807, 2.05) is 0 Å². The van der Waals surface area contributed by atoms with Gasteiger partial charge in [0.2, 0.25) is 5.91 Å². The van der Waals surface area contributed by atoms with E-state index in [1.165, 1.54) is 0 Å². The molecule has 0 heterocycles. The zero-order valence-corrected chi connectivity index (χ0v) is 22.4. The fourth-order valence-corrected chi connectivity index (χ4v) is 9.52. The van der Waals surface area contributed by atoms with Crippen LogP contribution < -0.4 is 5.32 Å². The van der Waals surface area contributed by atoms with Crippen molar-refractivity contribution in [1.82, 2.24) is 5.32 Å². The lowest BCUT2D eigenvalue weighted by molar-refractivity contribution is -0.207. The van der Waals surface area contributed by atoms with E-state index >= 15 is 0 Å². The van der Waals surface area contributed by atoms with Crippen molar-refractivity contribution in [3.8, 4) is 0 Å². The van der Waals surface area contributed by atoms with Crippen molar-refractivity contribution >= 4 is 13.5 Å². The van der Waals surface area contributed by atoms with E-state index in [1.54, 1.807) is 0 Å². The second-order valence-electron chi connectivity index (χ2n) is 12.8. The number of aliphatic hydroxyl groups is 3. The van der Waals surface area contributed by atoms with Crippen molar-refractivity contribution in [2.24, 2.45) is 46.3 Å². The molecule has 4 saturated carbocycles. The number of hydrogen-bond acceptors (Lipinski definition) is 5. The third kappa shape index (κ3) is 5.13. The second kappa shape index (κ2) is 9.99. The molecule has 4 aliphatic carbocycles. The van der Waals surface area contributed by atoms with Gasteiger partial charge in [-0.3, -0.25) is 9.36 Å². The van der Waals surface area contributed by atoms with Crippen LogP contribution in [0.25, 0.3) is 0 Å². The molecule has 6 N–H and O–H groups in total. The van der Waals surface area contributed by atoms with Gasteiger partial charge in [0.05, 0.1) is 24.5 Å². The topological polar surface area (TPSA) is 147 Å². The van der Waals surface area contributed by atoms with Crippen LogP contribution in [0.2, 0.25) is 0 Å². The third-order valence-corrected chi connectivity index (χ3v) is 11.9.